The Morgan fingerprint density at radius 1 is 1.09 bits per heavy atom. The number of hydrogen-bond acceptors (Lipinski definition) is 1. The average Bonchev–Trinajstić information content (AvgIpc) is 1.85. The van der Waals surface area contributed by atoms with Gasteiger partial charge in [-0.05, 0) is 36.9 Å². The minimum atomic E-state index is 0.671. The van der Waals surface area contributed by atoms with Gasteiger partial charge in [0, 0.05) is 4.75 Å². The smallest absolute Gasteiger partial charge is 0.0170 e. The van der Waals surface area contributed by atoms with Crippen molar-refractivity contribution in [2.75, 3.05) is 5.75 Å². The van der Waals surface area contributed by atoms with Crippen molar-refractivity contribution in [3.63, 3.8) is 0 Å². The van der Waals surface area contributed by atoms with Crippen molar-refractivity contribution in [2.45, 2.75) is 50.7 Å². The molecule has 0 aromatic rings. The first-order chi connectivity index (χ1) is 5.12. The summed E-state index contributed by atoms with van der Waals surface area (Å²) >= 11 is 2.25. The van der Waals surface area contributed by atoms with Gasteiger partial charge in [-0.1, -0.05) is 20.3 Å². The highest BCUT2D eigenvalue weighted by atomic mass is 32.2. The monoisotopic (exact) mass is 170 g/mol. The molecule has 2 rings (SSSR count). The molecule has 0 aromatic heterocycles. The maximum Gasteiger partial charge on any atom is 0.0170 e. The first-order valence-corrected chi connectivity index (χ1v) is 5.75. The second kappa shape index (κ2) is 2.42. The highest BCUT2D eigenvalue weighted by Gasteiger charge is 2.49. The maximum atomic E-state index is 2.41. The molecule has 1 spiro atoms. The van der Waals surface area contributed by atoms with Crippen LogP contribution in [0.3, 0.4) is 0 Å². The van der Waals surface area contributed by atoms with Crippen molar-refractivity contribution in [1.29, 1.82) is 0 Å². The molecule has 0 amide bonds. The molecule has 0 unspecified atom stereocenters. The first-order valence-electron chi connectivity index (χ1n) is 4.76. The van der Waals surface area contributed by atoms with Gasteiger partial charge in [0.25, 0.3) is 0 Å². The highest BCUT2D eigenvalue weighted by molar-refractivity contribution is 8.00. The average molecular weight is 170 g/mol. The van der Waals surface area contributed by atoms with Gasteiger partial charge in [0.05, 0.1) is 0 Å². The molecular formula is C10H18S. The third kappa shape index (κ3) is 1.44. The van der Waals surface area contributed by atoms with E-state index in [1.807, 2.05) is 0 Å². The van der Waals surface area contributed by atoms with E-state index in [0.29, 0.717) is 5.41 Å². The number of thioether (sulfide) groups is 1. The van der Waals surface area contributed by atoms with Crippen LogP contribution in [0.5, 0.6) is 0 Å². The van der Waals surface area contributed by atoms with Gasteiger partial charge in [0.15, 0.2) is 0 Å². The fourth-order valence-corrected chi connectivity index (χ4v) is 4.94. The van der Waals surface area contributed by atoms with E-state index in [1.165, 1.54) is 37.9 Å². The lowest BCUT2D eigenvalue weighted by molar-refractivity contribution is 0.115. The Kier molecular flexibility index (Phi) is 1.75. The van der Waals surface area contributed by atoms with Gasteiger partial charge in [-0.25, -0.2) is 0 Å². The quantitative estimate of drug-likeness (QED) is 0.536. The minimum Gasteiger partial charge on any atom is -0.155 e. The summed E-state index contributed by atoms with van der Waals surface area (Å²) in [4.78, 5) is 0. The van der Waals surface area contributed by atoms with E-state index in [9.17, 15) is 0 Å². The van der Waals surface area contributed by atoms with Crippen LogP contribution in [0.15, 0.2) is 0 Å². The zero-order valence-corrected chi connectivity index (χ0v) is 8.47. The summed E-state index contributed by atoms with van der Waals surface area (Å²) in [7, 11) is 0. The molecule has 2 aliphatic rings. The van der Waals surface area contributed by atoms with Crippen LogP contribution in [0.25, 0.3) is 0 Å². The largest absolute Gasteiger partial charge is 0.155 e. The second-order valence-electron chi connectivity index (χ2n) is 5.01. The lowest BCUT2D eigenvalue weighted by Crippen LogP contribution is -2.47. The number of rotatable bonds is 0. The fourth-order valence-electron chi connectivity index (χ4n) is 2.88. The zero-order valence-electron chi connectivity index (χ0n) is 7.65. The normalized spacial score (nSPS) is 33.3. The SMILES string of the molecule is CC1(C)CC2(CCCCS2)C1. The molecule has 1 saturated carbocycles. The van der Waals surface area contributed by atoms with E-state index in [-0.39, 0.29) is 0 Å². The summed E-state index contributed by atoms with van der Waals surface area (Å²) in [5.74, 6) is 1.43. The molecule has 0 N–H and O–H groups in total. The maximum absolute atomic E-state index is 2.41. The summed E-state index contributed by atoms with van der Waals surface area (Å²) in [5.41, 5.74) is 0.671. The molecule has 0 radical (unpaired) electrons. The molecule has 1 aliphatic carbocycles. The van der Waals surface area contributed by atoms with Crippen LogP contribution in [0, 0.1) is 5.41 Å². The molecule has 11 heavy (non-hydrogen) atoms. The Balaban J connectivity index is 1.94. The van der Waals surface area contributed by atoms with Crippen LogP contribution >= 0.6 is 11.8 Å². The van der Waals surface area contributed by atoms with Crippen LogP contribution in [0.1, 0.15) is 46.0 Å². The molecule has 1 aliphatic heterocycles. The Labute approximate surface area is 74.1 Å². The predicted molar refractivity (Wildman–Crippen MR) is 52.1 cm³/mol. The molecule has 0 atom stereocenters. The van der Waals surface area contributed by atoms with E-state index in [4.69, 9.17) is 0 Å². The molecule has 2 fully saturated rings. The molecule has 0 aromatic carbocycles. The van der Waals surface area contributed by atoms with Gasteiger partial charge in [0.1, 0.15) is 0 Å². The Bertz CT molecular complexity index is 144. The molecule has 1 heteroatoms. The molecule has 0 bridgehead atoms. The second-order valence-corrected chi connectivity index (χ2v) is 6.57. The topological polar surface area (TPSA) is 0 Å². The highest BCUT2D eigenvalue weighted by Crippen LogP contribution is 2.59. The van der Waals surface area contributed by atoms with Crippen LogP contribution in [-0.2, 0) is 0 Å². The molecule has 0 nitrogen and oxygen atoms in total. The van der Waals surface area contributed by atoms with Crippen LogP contribution < -0.4 is 0 Å². The van der Waals surface area contributed by atoms with Gasteiger partial charge in [-0.15, -0.1) is 0 Å². The van der Waals surface area contributed by atoms with Crippen LogP contribution in [-0.4, -0.2) is 10.5 Å². The molecule has 1 saturated heterocycles. The van der Waals surface area contributed by atoms with Crippen molar-refractivity contribution in [2.24, 2.45) is 5.41 Å². The van der Waals surface area contributed by atoms with E-state index < -0.39 is 0 Å². The molecular weight excluding hydrogens is 152 g/mol. The lowest BCUT2D eigenvalue weighted by atomic mass is 9.62. The van der Waals surface area contributed by atoms with Gasteiger partial charge in [-0.3, -0.25) is 0 Å². The molecule has 1 heterocycles. The van der Waals surface area contributed by atoms with Gasteiger partial charge >= 0.3 is 0 Å². The fraction of sp³-hybridized carbons (Fsp3) is 1.00. The zero-order chi connectivity index (χ0) is 7.95. The summed E-state index contributed by atoms with van der Waals surface area (Å²) in [5, 5.41) is 0. The Morgan fingerprint density at radius 3 is 2.27 bits per heavy atom. The summed E-state index contributed by atoms with van der Waals surface area (Å²) in [6.45, 7) is 4.82. The third-order valence-electron chi connectivity index (χ3n) is 3.04. The van der Waals surface area contributed by atoms with E-state index in [1.54, 1.807) is 0 Å². The van der Waals surface area contributed by atoms with E-state index >= 15 is 0 Å². The van der Waals surface area contributed by atoms with Crippen molar-refractivity contribution >= 4 is 11.8 Å². The van der Waals surface area contributed by atoms with Crippen LogP contribution in [0.2, 0.25) is 0 Å². The van der Waals surface area contributed by atoms with E-state index in [0.717, 1.165) is 4.75 Å². The predicted octanol–water partition coefficient (Wildman–Crippen LogP) is 3.46. The lowest BCUT2D eigenvalue weighted by Gasteiger charge is -2.54. The van der Waals surface area contributed by atoms with Crippen molar-refractivity contribution < 1.29 is 0 Å². The van der Waals surface area contributed by atoms with E-state index in [2.05, 4.69) is 25.6 Å². The standard InChI is InChI=1S/C10H18S/c1-9(2)7-10(8-9)5-3-4-6-11-10/h3-8H2,1-2H3. The number of hydrogen-bond donors (Lipinski definition) is 0. The van der Waals surface area contributed by atoms with Crippen LogP contribution in [0.4, 0.5) is 0 Å². The first kappa shape index (κ1) is 7.97. The van der Waals surface area contributed by atoms with Crippen molar-refractivity contribution in [1.82, 2.24) is 0 Å². The summed E-state index contributed by atoms with van der Waals surface area (Å²) < 4.78 is 0.752. The summed E-state index contributed by atoms with van der Waals surface area (Å²) in [6.07, 6.45) is 7.41. The van der Waals surface area contributed by atoms with Gasteiger partial charge in [-0.2, -0.15) is 11.8 Å². The Morgan fingerprint density at radius 2 is 1.82 bits per heavy atom. The third-order valence-corrected chi connectivity index (χ3v) is 4.63. The van der Waals surface area contributed by atoms with Gasteiger partial charge < -0.3 is 0 Å². The summed E-state index contributed by atoms with van der Waals surface area (Å²) in [6, 6.07) is 0. The Hall–Kier alpha value is 0.350. The van der Waals surface area contributed by atoms with Crippen molar-refractivity contribution in [3.8, 4) is 0 Å². The minimum absolute atomic E-state index is 0.671. The van der Waals surface area contributed by atoms with Gasteiger partial charge in [0.2, 0.25) is 0 Å². The molecule has 64 valence electrons. The van der Waals surface area contributed by atoms with Crippen molar-refractivity contribution in [3.05, 3.63) is 0 Å².